The van der Waals surface area contributed by atoms with Crippen LogP contribution in [0.3, 0.4) is 0 Å². The lowest BCUT2D eigenvalue weighted by Gasteiger charge is -2.12. The maximum Gasteiger partial charge on any atom is 0.280 e. The fourth-order valence-electron chi connectivity index (χ4n) is 1.62. The van der Waals surface area contributed by atoms with Crippen LogP contribution in [-0.2, 0) is 4.79 Å². The van der Waals surface area contributed by atoms with E-state index in [1.807, 2.05) is 24.3 Å². The van der Waals surface area contributed by atoms with Gasteiger partial charge in [0.15, 0.2) is 6.10 Å². The molecule has 0 aliphatic heterocycles. The van der Waals surface area contributed by atoms with Crippen LogP contribution in [0, 0.1) is 0 Å². The van der Waals surface area contributed by atoms with Gasteiger partial charge in [-0.15, -0.1) is 0 Å². The van der Waals surface area contributed by atoms with E-state index >= 15 is 0 Å². The first-order valence-electron chi connectivity index (χ1n) is 6.55. The number of hydrogen-bond donors (Lipinski definition) is 1. The molecule has 114 valence electrons. The van der Waals surface area contributed by atoms with Gasteiger partial charge in [0.25, 0.3) is 5.91 Å². The molecule has 0 saturated carbocycles. The molecule has 22 heavy (non-hydrogen) atoms. The highest BCUT2D eigenvalue weighted by Gasteiger charge is 2.13. The minimum atomic E-state index is -0.666. The lowest BCUT2D eigenvalue weighted by molar-refractivity contribution is -0.127. The molecule has 0 unspecified atom stereocenters. The van der Waals surface area contributed by atoms with Crippen molar-refractivity contribution >= 4 is 39.7 Å². The van der Waals surface area contributed by atoms with Gasteiger partial charge in [-0.3, -0.25) is 4.79 Å². The molecule has 0 aromatic heterocycles. The third-order valence-corrected chi connectivity index (χ3v) is 3.48. The monoisotopic (exact) mass is 380 g/mol. The first kappa shape index (κ1) is 16.5. The third kappa shape index (κ3) is 5.16. The number of ether oxygens (including phenoxy) is 1. The molecule has 0 heterocycles. The Morgan fingerprint density at radius 2 is 2.05 bits per heavy atom. The van der Waals surface area contributed by atoms with Gasteiger partial charge in [0.1, 0.15) is 5.75 Å². The topological polar surface area (TPSA) is 50.7 Å². The molecule has 0 bridgehead atoms. The second kappa shape index (κ2) is 7.96. The summed E-state index contributed by atoms with van der Waals surface area (Å²) >= 11 is 9.16. The Hall–Kier alpha value is -1.85. The summed E-state index contributed by atoms with van der Waals surface area (Å²) < 4.78 is 6.45. The minimum Gasteiger partial charge on any atom is -0.481 e. The maximum atomic E-state index is 11.9. The highest BCUT2D eigenvalue weighted by Crippen LogP contribution is 2.16. The molecule has 0 aliphatic carbocycles. The summed E-state index contributed by atoms with van der Waals surface area (Å²) in [5, 5.41) is 4.53. The molecule has 0 fully saturated rings. The van der Waals surface area contributed by atoms with E-state index in [1.165, 1.54) is 0 Å². The van der Waals surface area contributed by atoms with E-state index in [9.17, 15) is 4.79 Å². The summed E-state index contributed by atoms with van der Waals surface area (Å²) in [5.41, 5.74) is 3.32. The van der Waals surface area contributed by atoms with Crippen molar-refractivity contribution in [3.05, 3.63) is 63.6 Å². The molecule has 0 aliphatic rings. The van der Waals surface area contributed by atoms with Crippen molar-refractivity contribution in [1.29, 1.82) is 0 Å². The smallest absolute Gasteiger partial charge is 0.280 e. The van der Waals surface area contributed by atoms with E-state index in [-0.39, 0.29) is 5.91 Å². The van der Waals surface area contributed by atoms with Crippen LogP contribution in [0.15, 0.2) is 58.1 Å². The number of carbonyl (C=O) groups excluding carboxylic acids is 1. The summed E-state index contributed by atoms with van der Waals surface area (Å²) in [4.78, 5) is 11.9. The van der Waals surface area contributed by atoms with Gasteiger partial charge in [-0.25, -0.2) is 5.43 Å². The van der Waals surface area contributed by atoms with Gasteiger partial charge in [-0.1, -0.05) is 39.7 Å². The highest BCUT2D eigenvalue weighted by molar-refractivity contribution is 9.10. The number of nitrogens with one attached hydrogen (secondary N) is 1. The number of benzene rings is 2. The van der Waals surface area contributed by atoms with Crippen molar-refractivity contribution in [3.63, 3.8) is 0 Å². The zero-order chi connectivity index (χ0) is 15.9. The average molecular weight is 382 g/mol. The van der Waals surface area contributed by atoms with Crippen molar-refractivity contribution in [3.8, 4) is 5.75 Å². The van der Waals surface area contributed by atoms with Crippen LogP contribution in [-0.4, -0.2) is 18.2 Å². The largest absolute Gasteiger partial charge is 0.481 e. The van der Waals surface area contributed by atoms with Gasteiger partial charge < -0.3 is 4.74 Å². The summed E-state index contributed by atoms with van der Waals surface area (Å²) in [7, 11) is 0. The maximum absolute atomic E-state index is 11.9. The average Bonchev–Trinajstić information content (AvgIpc) is 2.49. The van der Waals surface area contributed by atoms with Gasteiger partial charge in [0.2, 0.25) is 0 Å². The van der Waals surface area contributed by atoms with Crippen LogP contribution in [0.1, 0.15) is 12.5 Å². The molecule has 6 heteroatoms. The molecule has 4 nitrogen and oxygen atoms in total. The lowest BCUT2D eigenvalue weighted by atomic mass is 10.2. The summed E-state index contributed by atoms with van der Waals surface area (Å²) in [5.74, 6) is 0.240. The molecular weight excluding hydrogens is 368 g/mol. The molecule has 1 atom stereocenters. The van der Waals surface area contributed by atoms with Crippen LogP contribution in [0.2, 0.25) is 5.02 Å². The first-order chi connectivity index (χ1) is 10.5. The van der Waals surface area contributed by atoms with Crippen molar-refractivity contribution in [2.75, 3.05) is 0 Å². The molecule has 1 N–H and O–H groups in total. The minimum absolute atomic E-state index is 0.332. The van der Waals surface area contributed by atoms with Crippen molar-refractivity contribution in [2.45, 2.75) is 13.0 Å². The van der Waals surface area contributed by atoms with Crippen LogP contribution in [0.4, 0.5) is 0 Å². The SMILES string of the molecule is C[C@@H](Oc1ccc(Cl)cc1)C(=O)NN=Cc1cccc(Br)c1. The standard InChI is InChI=1S/C16H14BrClN2O2/c1-11(22-15-7-5-14(18)6-8-15)16(21)20-19-10-12-3-2-4-13(17)9-12/h2-11H,1H3,(H,20,21)/t11-/m1/s1. The van der Waals surface area contributed by atoms with Gasteiger partial charge >= 0.3 is 0 Å². The summed E-state index contributed by atoms with van der Waals surface area (Å²) in [6, 6.07) is 14.4. The molecule has 2 aromatic carbocycles. The van der Waals surface area contributed by atoms with Crippen LogP contribution in [0.5, 0.6) is 5.75 Å². The number of amides is 1. The zero-order valence-electron chi connectivity index (χ0n) is 11.8. The van der Waals surface area contributed by atoms with Crippen LogP contribution >= 0.6 is 27.5 Å². The molecule has 1 amide bonds. The van der Waals surface area contributed by atoms with Gasteiger partial charge in [-0.05, 0) is 48.9 Å². The van der Waals surface area contributed by atoms with Crippen molar-refractivity contribution < 1.29 is 9.53 Å². The van der Waals surface area contributed by atoms with Gasteiger partial charge in [0.05, 0.1) is 6.21 Å². The number of nitrogens with zero attached hydrogens (tertiary/aromatic N) is 1. The van der Waals surface area contributed by atoms with Crippen molar-refractivity contribution in [1.82, 2.24) is 5.43 Å². The molecule has 0 radical (unpaired) electrons. The second-order valence-corrected chi connectivity index (χ2v) is 5.86. The zero-order valence-corrected chi connectivity index (χ0v) is 14.1. The van der Waals surface area contributed by atoms with E-state index < -0.39 is 6.10 Å². The van der Waals surface area contributed by atoms with Crippen LogP contribution < -0.4 is 10.2 Å². The molecule has 2 aromatic rings. The fourth-order valence-corrected chi connectivity index (χ4v) is 2.16. The quantitative estimate of drug-likeness (QED) is 0.628. The van der Waals surface area contributed by atoms with E-state index in [0.717, 1.165) is 10.0 Å². The number of carbonyl (C=O) groups is 1. The van der Waals surface area contributed by atoms with E-state index in [1.54, 1.807) is 37.4 Å². The number of hydrazone groups is 1. The molecule has 0 spiro atoms. The Morgan fingerprint density at radius 3 is 2.73 bits per heavy atom. The summed E-state index contributed by atoms with van der Waals surface area (Å²) in [6.07, 6.45) is 0.901. The predicted octanol–water partition coefficient (Wildman–Crippen LogP) is 4.02. The second-order valence-electron chi connectivity index (χ2n) is 4.50. The summed E-state index contributed by atoms with van der Waals surface area (Å²) in [6.45, 7) is 1.65. The van der Waals surface area contributed by atoms with E-state index in [4.69, 9.17) is 16.3 Å². The molecular formula is C16H14BrClN2O2. The van der Waals surface area contributed by atoms with Crippen molar-refractivity contribution in [2.24, 2.45) is 5.10 Å². The lowest BCUT2D eigenvalue weighted by Crippen LogP contribution is -2.33. The van der Waals surface area contributed by atoms with E-state index in [2.05, 4.69) is 26.5 Å². The predicted molar refractivity (Wildman–Crippen MR) is 91.4 cm³/mol. The fraction of sp³-hybridized carbons (Fsp3) is 0.125. The van der Waals surface area contributed by atoms with Gasteiger partial charge in [-0.2, -0.15) is 5.10 Å². The molecule has 0 saturated heterocycles. The Balaban J connectivity index is 1.87. The number of halogens is 2. The normalized spacial score (nSPS) is 12.1. The van der Waals surface area contributed by atoms with Crippen LogP contribution in [0.25, 0.3) is 0 Å². The number of hydrogen-bond acceptors (Lipinski definition) is 3. The highest BCUT2D eigenvalue weighted by atomic mass is 79.9. The Labute approximate surface area is 142 Å². The third-order valence-electron chi connectivity index (χ3n) is 2.73. The first-order valence-corrected chi connectivity index (χ1v) is 7.72. The van der Waals surface area contributed by atoms with E-state index in [0.29, 0.717) is 10.8 Å². The number of rotatable bonds is 5. The Morgan fingerprint density at radius 1 is 1.32 bits per heavy atom. The Kier molecular flexibility index (Phi) is 5.98. The van der Waals surface area contributed by atoms with Gasteiger partial charge in [0, 0.05) is 9.50 Å². The molecule has 2 rings (SSSR count). The Bertz CT molecular complexity index is 674.